The van der Waals surface area contributed by atoms with Crippen molar-refractivity contribution >= 4 is 5.78 Å². The molecule has 0 unspecified atom stereocenters. The van der Waals surface area contributed by atoms with Crippen molar-refractivity contribution in [2.45, 2.75) is 53.4 Å². The maximum absolute atomic E-state index is 11.8. The Morgan fingerprint density at radius 2 is 1.75 bits per heavy atom. The summed E-state index contributed by atoms with van der Waals surface area (Å²) in [6, 6.07) is 0. The van der Waals surface area contributed by atoms with Gasteiger partial charge in [-0.1, -0.05) is 46.7 Å². The molecule has 0 amide bonds. The molecule has 16 heavy (non-hydrogen) atoms. The molecule has 0 N–H and O–H groups in total. The summed E-state index contributed by atoms with van der Waals surface area (Å²) in [5, 5.41) is 3.83. The fourth-order valence-corrected chi connectivity index (χ4v) is 1.04. The fourth-order valence-electron chi connectivity index (χ4n) is 1.04. The predicted molar refractivity (Wildman–Crippen MR) is 61.2 cm³/mol. The second kappa shape index (κ2) is 4.00. The molecule has 0 aliphatic heterocycles. The van der Waals surface area contributed by atoms with Gasteiger partial charge in [0, 0.05) is 10.8 Å². The van der Waals surface area contributed by atoms with E-state index in [1.165, 1.54) is 0 Å². The zero-order valence-corrected chi connectivity index (χ0v) is 10.9. The third-order valence-electron chi connectivity index (χ3n) is 2.26. The van der Waals surface area contributed by atoms with Gasteiger partial charge in [-0.15, -0.1) is 0 Å². The summed E-state index contributed by atoms with van der Waals surface area (Å²) < 4.78 is 5.13. The Morgan fingerprint density at radius 3 is 2.12 bits per heavy atom. The Balaban J connectivity index is 2.78. The van der Waals surface area contributed by atoms with Crippen LogP contribution in [0.3, 0.4) is 0 Å². The van der Waals surface area contributed by atoms with Gasteiger partial charge in [-0.2, -0.15) is 4.98 Å². The Labute approximate surface area is 96.4 Å². The molecule has 0 aromatic carbocycles. The number of ketones is 1. The summed E-state index contributed by atoms with van der Waals surface area (Å²) in [5.74, 6) is 1.17. The van der Waals surface area contributed by atoms with Gasteiger partial charge < -0.3 is 4.52 Å². The molecular formula is C12H20N2O2. The summed E-state index contributed by atoms with van der Waals surface area (Å²) in [6.45, 7) is 11.7. The minimum absolute atomic E-state index is 0.119. The van der Waals surface area contributed by atoms with E-state index in [0.717, 1.165) is 0 Å². The molecule has 0 fully saturated rings. The molecule has 1 heterocycles. The van der Waals surface area contributed by atoms with Gasteiger partial charge in [0.15, 0.2) is 5.82 Å². The summed E-state index contributed by atoms with van der Waals surface area (Å²) >= 11 is 0. The third-order valence-corrected chi connectivity index (χ3v) is 2.26. The quantitative estimate of drug-likeness (QED) is 0.774. The largest absolute Gasteiger partial charge is 0.339 e. The van der Waals surface area contributed by atoms with Crippen molar-refractivity contribution in [3.05, 3.63) is 11.7 Å². The summed E-state index contributed by atoms with van der Waals surface area (Å²) in [7, 11) is 0. The van der Waals surface area contributed by atoms with Crippen LogP contribution >= 0.6 is 0 Å². The van der Waals surface area contributed by atoms with Gasteiger partial charge >= 0.3 is 0 Å². The van der Waals surface area contributed by atoms with E-state index in [1.54, 1.807) is 0 Å². The highest BCUT2D eigenvalue weighted by Crippen LogP contribution is 2.21. The van der Waals surface area contributed by atoms with Crippen molar-refractivity contribution < 1.29 is 9.32 Å². The first-order valence-corrected chi connectivity index (χ1v) is 5.47. The van der Waals surface area contributed by atoms with E-state index in [9.17, 15) is 4.79 Å². The minimum Gasteiger partial charge on any atom is -0.339 e. The van der Waals surface area contributed by atoms with Crippen LogP contribution in [0.25, 0.3) is 0 Å². The molecule has 0 aliphatic rings. The minimum atomic E-state index is -0.359. The van der Waals surface area contributed by atoms with Crippen LogP contribution in [0.4, 0.5) is 0 Å². The van der Waals surface area contributed by atoms with E-state index in [4.69, 9.17) is 4.52 Å². The molecule has 1 aromatic heterocycles. The average molecular weight is 224 g/mol. The van der Waals surface area contributed by atoms with Crippen molar-refractivity contribution in [2.75, 3.05) is 0 Å². The SMILES string of the molecule is CC(C)(C)C(=O)Cc1noc(C(C)(C)C)n1. The van der Waals surface area contributed by atoms with Crippen molar-refractivity contribution in [3.8, 4) is 0 Å². The molecule has 1 aromatic rings. The second-order valence-corrected chi connectivity index (χ2v) is 6.12. The van der Waals surface area contributed by atoms with E-state index in [2.05, 4.69) is 10.1 Å². The maximum atomic E-state index is 11.8. The van der Waals surface area contributed by atoms with Gasteiger partial charge in [0.1, 0.15) is 5.78 Å². The van der Waals surface area contributed by atoms with Gasteiger partial charge in [-0.05, 0) is 0 Å². The lowest BCUT2D eigenvalue weighted by atomic mass is 9.89. The number of rotatable bonds is 2. The van der Waals surface area contributed by atoms with Crippen LogP contribution < -0.4 is 0 Å². The van der Waals surface area contributed by atoms with Crippen molar-refractivity contribution in [1.82, 2.24) is 10.1 Å². The highest BCUT2D eigenvalue weighted by atomic mass is 16.5. The van der Waals surface area contributed by atoms with Crippen LogP contribution in [-0.4, -0.2) is 15.9 Å². The molecule has 0 saturated heterocycles. The number of Topliss-reactive ketones (excluding diaryl/α,β-unsaturated/α-hetero) is 1. The molecule has 0 radical (unpaired) electrons. The highest BCUT2D eigenvalue weighted by Gasteiger charge is 2.26. The molecule has 90 valence electrons. The van der Waals surface area contributed by atoms with E-state index in [0.29, 0.717) is 11.7 Å². The summed E-state index contributed by atoms with van der Waals surface area (Å²) in [6.07, 6.45) is 0.239. The predicted octanol–water partition coefficient (Wildman–Crippen LogP) is 2.52. The first-order valence-electron chi connectivity index (χ1n) is 5.47. The Kier molecular flexibility index (Phi) is 3.22. The molecule has 0 saturated carbocycles. The second-order valence-electron chi connectivity index (χ2n) is 6.12. The van der Waals surface area contributed by atoms with E-state index in [1.807, 2.05) is 41.5 Å². The lowest BCUT2D eigenvalue weighted by Gasteiger charge is -2.14. The molecule has 0 bridgehead atoms. The third kappa shape index (κ3) is 3.15. The monoisotopic (exact) mass is 224 g/mol. The smallest absolute Gasteiger partial charge is 0.232 e. The molecular weight excluding hydrogens is 204 g/mol. The summed E-state index contributed by atoms with van der Waals surface area (Å²) in [5.41, 5.74) is -0.529. The molecule has 4 nitrogen and oxygen atoms in total. The molecule has 0 aliphatic carbocycles. The first-order chi connectivity index (χ1) is 7.10. The number of hydrogen-bond donors (Lipinski definition) is 0. The number of nitrogens with zero attached hydrogens (tertiary/aromatic N) is 2. The van der Waals surface area contributed by atoms with Gasteiger partial charge in [-0.25, -0.2) is 0 Å². The fraction of sp³-hybridized carbons (Fsp3) is 0.750. The van der Waals surface area contributed by atoms with Crippen LogP contribution in [0.5, 0.6) is 0 Å². The average Bonchev–Trinajstić information content (AvgIpc) is 2.49. The zero-order valence-electron chi connectivity index (χ0n) is 10.9. The standard InChI is InChI=1S/C12H20N2O2/c1-11(2,3)8(15)7-9-13-10(16-14-9)12(4,5)6/h7H2,1-6H3. The highest BCUT2D eigenvalue weighted by molar-refractivity contribution is 5.85. The normalized spacial score (nSPS) is 12.9. The lowest BCUT2D eigenvalue weighted by Crippen LogP contribution is -2.22. The van der Waals surface area contributed by atoms with Gasteiger partial charge in [0.25, 0.3) is 0 Å². The number of carbonyl (C=O) groups is 1. The van der Waals surface area contributed by atoms with Crippen LogP contribution in [0, 0.1) is 5.41 Å². The molecule has 0 spiro atoms. The summed E-state index contributed by atoms with van der Waals surface area (Å²) in [4.78, 5) is 16.0. The van der Waals surface area contributed by atoms with Gasteiger partial charge in [-0.3, -0.25) is 4.79 Å². The van der Waals surface area contributed by atoms with Crippen molar-refractivity contribution in [1.29, 1.82) is 0 Å². The van der Waals surface area contributed by atoms with E-state index >= 15 is 0 Å². The number of hydrogen-bond acceptors (Lipinski definition) is 4. The topological polar surface area (TPSA) is 56.0 Å². The molecule has 0 atom stereocenters. The Bertz CT molecular complexity index is 380. The zero-order chi connectivity index (χ0) is 12.6. The van der Waals surface area contributed by atoms with Crippen LogP contribution in [0.2, 0.25) is 0 Å². The van der Waals surface area contributed by atoms with Crippen molar-refractivity contribution in [2.24, 2.45) is 5.41 Å². The first kappa shape index (κ1) is 12.9. The van der Waals surface area contributed by atoms with Crippen LogP contribution in [-0.2, 0) is 16.6 Å². The van der Waals surface area contributed by atoms with Gasteiger partial charge in [0.05, 0.1) is 6.42 Å². The maximum Gasteiger partial charge on any atom is 0.232 e. The molecule has 4 heteroatoms. The number of aromatic nitrogens is 2. The Hall–Kier alpha value is -1.19. The van der Waals surface area contributed by atoms with E-state index < -0.39 is 0 Å². The number of carbonyl (C=O) groups excluding carboxylic acids is 1. The van der Waals surface area contributed by atoms with E-state index in [-0.39, 0.29) is 23.0 Å². The van der Waals surface area contributed by atoms with Crippen molar-refractivity contribution in [3.63, 3.8) is 0 Å². The lowest BCUT2D eigenvalue weighted by molar-refractivity contribution is -0.125. The molecule has 1 rings (SSSR count). The van der Waals surface area contributed by atoms with Gasteiger partial charge in [0.2, 0.25) is 5.89 Å². The van der Waals surface area contributed by atoms with Crippen LogP contribution in [0.1, 0.15) is 53.3 Å². The van der Waals surface area contributed by atoms with Crippen LogP contribution in [0.15, 0.2) is 4.52 Å². The Morgan fingerprint density at radius 1 is 1.19 bits per heavy atom.